The van der Waals surface area contributed by atoms with E-state index in [-0.39, 0.29) is 0 Å². The van der Waals surface area contributed by atoms with Crippen molar-refractivity contribution in [2.75, 3.05) is 0 Å². The highest BCUT2D eigenvalue weighted by Crippen LogP contribution is 2.66. The highest BCUT2D eigenvalue weighted by atomic mass is 79.9. The van der Waals surface area contributed by atoms with Crippen LogP contribution in [0.25, 0.3) is 11.1 Å². The summed E-state index contributed by atoms with van der Waals surface area (Å²) in [6.45, 7) is 0. The van der Waals surface area contributed by atoms with Crippen LogP contribution in [0.5, 0.6) is 0 Å². The summed E-state index contributed by atoms with van der Waals surface area (Å²) < 4.78 is 22.4. The van der Waals surface area contributed by atoms with Gasteiger partial charge in [-0.25, -0.2) is 0 Å². The Morgan fingerprint density at radius 1 is 0.765 bits per heavy atom. The maximum Gasteiger partial charge on any atom is 0.0727 e. The summed E-state index contributed by atoms with van der Waals surface area (Å²) in [5.41, 5.74) is 1.78. The number of benzene rings is 2. The fourth-order valence-electron chi connectivity index (χ4n) is 2.03. The molecule has 0 atom stereocenters. The molecule has 88 valence electrons. The zero-order chi connectivity index (χ0) is 12.2. The lowest BCUT2D eigenvalue weighted by Gasteiger charge is -2.28. The smallest absolute Gasteiger partial charge is 0.0727 e. The minimum atomic E-state index is -2.86. The van der Waals surface area contributed by atoms with Crippen molar-refractivity contribution in [2.24, 2.45) is 0 Å². The molecular formula is C12H8Br2O2S. The molecule has 0 saturated carbocycles. The van der Waals surface area contributed by atoms with Gasteiger partial charge in [-0.1, -0.05) is 37.9 Å². The highest BCUT2D eigenvalue weighted by molar-refractivity contribution is 9.10. The van der Waals surface area contributed by atoms with Crippen LogP contribution in [-0.4, -0.2) is 9.11 Å². The Morgan fingerprint density at radius 2 is 1.41 bits per heavy atom. The molecule has 0 unspecified atom stereocenters. The lowest BCUT2D eigenvalue weighted by molar-refractivity contribution is 0.490. The van der Waals surface area contributed by atoms with Crippen LogP contribution >= 0.6 is 42.4 Å². The van der Waals surface area contributed by atoms with Crippen LogP contribution < -0.4 is 0 Å². The molecule has 0 saturated heterocycles. The van der Waals surface area contributed by atoms with Gasteiger partial charge in [-0.2, -0.15) is 0 Å². The Bertz CT molecular complexity index is 626. The third-order valence-electron chi connectivity index (χ3n) is 2.79. The zero-order valence-electron chi connectivity index (χ0n) is 8.52. The fourth-order valence-corrected chi connectivity index (χ4v) is 4.65. The molecule has 1 aliphatic rings. The van der Waals surface area contributed by atoms with Gasteiger partial charge < -0.3 is 0 Å². The van der Waals surface area contributed by atoms with Crippen molar-refractivity contribution < 1.29 is 9.11 Å². The topological polar surface area (TPSA) is 40.5 Å². The van der Waals surface area contributed by atoms with Crippen LogP contribution in [0, 0.1) is 0 Å². The SMILES string of the molecule is OS1(O)c2ccc(Br)cc2-c2ccc(Br)cc21. The second-order valence-electron chi connectivity index (χ2n) is 3.83. The van der Waals surface area contributed by atoms with Crippen molar-refractivity contribution in [1.29, 1.82) is 0 Å². The van der Waals surface area contributed by atoms with E-state index in [0.29, 0.717) is 9.79 Å². The summed E-state index contributed by atoms with van der Waals surface area (Å²) in [5.74, 6) is 0. The molecule has 0 aromatic heterocycles. The van der Waals surface area contributed by atoms with E-state index in [2.05, 4.69) is 31.9 Å². The highest BCUT2D eigenvalue weighted by Gasteiger charge is 2.33. The van der Waals surface area contributed by atoms with Crippen LogP contribution in [0.1, 0.15) is 0 Å². The van der Waals surface area contributed by atoms with Gasteiger partial charge in [0.2, 0.25) is 0 Å². The van der Waals surface area contributed by atoms with Gasteiger partial charge in [0.1, 0.15) is 0 Å². The van der Waals surface area contributed by atoms with Crippen LogP contribution in [0.3, 0.4) is 0 Å². The van der Waals surface area contributed by atoms with Crippen LogP contribution in [0.4, 0.5) is 0 Å². The monoisotopic (exact) mass is 374 g/mol. The van der Waals surface area contributed by atoms with Gasteiger partial charge >= 0.3 is 0 Å². The first-order valence-corrected chi connectivity index (χ1v) is 8.01. The van der Waals surface area contributed by atoms with E-state index in [1.54, 1.807) is 12.1 Å². The van der Waals surface area contributed by atoms with Crippen molar-refractivity contribution >= 4 is 42.4 Å². The molecule has 0 radical (unpaired) electrons. The van der Waals surface area contributed by atoms with E-state index in [4.69, 9.17) is 0 Å². The Morgan fingerprint density at radius 3 is 2.18 bits per heavy atom. The summed E-state index contributed by atoms with van der Waals surface area (Å²) in [6.07, 6.45) is 0. The van der Waals surface area contributed by atoms with Crippen molar-refractivity contribution in [3.05, 3.63) is 45.3 Å². The molecule has 0 bridgehead atoms. The van der Waals surface area contributed by atoms with Gasteiger partial charge in [0.05, 0.1) is 9.79 Å². The quantitative estimate of drug-likeness (QED) is 0.650. The average Bonchev–Trinajstić information content (AvgIpc) is 2.48. The third-order valence-corrected chi connectivity index (χ3v) is 5.70. The molecule has 3 rings (SSSR count). The molecule has 0 amide bonds. The molecule has 17 heavy (non-hydrogen) atoms. The normalized spacial score (nSPS) is 17.4. The Kier molecular flexibility index (Phi) is 2.65. The number of halogens is 2. The molecule has 0 spiro atoms. The van der Waals surface area contributed by atoms with Crippen LogP contribution in [0.15, 0.2) is 55.1 Å². The summed E-state index contributed by atoms with van der Waals surface area (Å²) in [6, 6.07) is 11.1. The average molecular weight is 376 g/mol. The first-order chi connectivity index (χ1) is 8.00. The third kappa shape index (κ3) is 1.69. The van der Waals surface area contributed by atoms with Gasteiger partial charge in [0.25, 0.3) is 0 Å². The van der Waals surface area contributed by atoms with E-state index >= 15 is 0 Å². The molecule has 5 heteroatoms. The first kappa shape index (κ1) is 11.7. The molecule has 2 aromatic carbocycles. The molecule has 0 fully saturated rings. The van der Waals surface area contributed by atoms with Gasteiger partial charge in [-0.3, -0.25) is 9.11 Å². The van der Waals surface area contributed by atoms with E-state index in [9.17, 15) is 9.11 Å². The van der Waals surface area contributed by atoms with Gasteiger partial charge in [-0.15, -0.1) is 10.6 Å². The first-order valence-electron chi connectivity index (χ1n) is 4.88. The standard InChI is InChI=1S/C12H8Br2O2S/c13-7-2-4-11-10(5-7)9-3-1-8(14)6-12(9)17(11,15)16/h1-6,15-16H. The maximum absolute atomic E-state index is 10.3. The molecule has 1 heterocycles. The van der Waals surface area contributed by atoms with Crippen LogP contribution in [0.2, 0.25) is 0 Å². The summed E-state index contributed by atoms with van der Waals surface area (Å²) >= 11 is 6.76. The van der Waals surface area contributed by atoms with Crippen molar-refractivity contribution in [3.8, 4) is 11.1 Å². The molecule has 2 N–H and O–H groups in total. The lowest BCUT2D eigenvalue weighted by Crippen LogP contribution is -1.94. The molecule has 0 aliphatic carbocycles. The number of rotatable bonds is 0. The Balaban J connectivity index is 2.38. The van der Waals surface area contributed by atoms with Crippen molar-refractivity contribution in [2.45, 2.75) is 9.79 Å². The van der Waals surface area contributed by atoms with Gasteiger partial charge in [0, 0.05) is 20.1 Å². The predicted octanol–water partition coefficient (Wildman–Crippen LogP) is 5.36. The van der Waals surface area contributed by atoms with E-state index in [0.717, 1.165) is 20.1 Å². The fraction of sp³-hybridized carbons (Fsp3) is 0. The van der Waals surface area contributed by atoms with Crippen LogP contribution in [-0.2, 0) is 0 Å². The minimum absolute atomic E-state index is 0.597. The minimum Gasteiger partial charge on any atom is -0.290 e. The molecule has 1 aliphatic heterocycles. The summed E-state index contributed by atoms with van der Waals surface area (Å²) in [4.78, 5) is 1.20. The number of hydrogen-bond donors (Lipinski definition) is 2. The van der Waals surface area contributed by atoms with E-state index < -0.39 is 10.6 Å². The van der Waals surface area contributed by atoms with Crippen molar-refractivity contribution in [3.63, 3.8) is 0 Å². The largest absolute Gasteiger partial charge is 0.290 e. The second kappa shape index (κ2) is 3.83. The zero-order valence-corrected chi connectivity index (χ0v) is 12.5. The number of hydrogen-bond acceptors (Lipinski definition) is 2. The molecule has 2 nitrogen and oxygen atoms in total. The summed E-state index contributed by atoms with van der Waals surface area (Å²) in [7, 11) is -2.86. The van der Waals surface area contributed by atoms with E-state index in [1.165, 1.54) is 0 Å². The Labute approximate surface area is 117 Å². The molecule has 2 aromatic rings. The van der Waals surface area contributed by atoms with Crippen molar-refractivity contribution in [1.82, 2.24) is 0 Å². The van der Waals surface area contributed by atoms with Gasteiger partial charge in [0.15, 0.2) is 0 Å². The lowest BCUT2D eigenvalue weighted by atomic mass is 10.1. The van der Waals surface area contributed by atoms with Gasteiger partial charge in [-0.05, 0) is 30.3 Å². The molecular weight excluding hydrogens is 368 g/mol. The maximum atomic E-state index is 10.3. The number of fused-ring (bicyclic) bond motifs is 3. The van der Waals surface area contributed by atoms with E-state index in [1.807, 2.05) is 24.3 Å². The predicted molar refractivity (Wildman–Crippen MR) is 76.7 cm³/mol. The second-order valence-corrected chi connectivity index (χ2v) is 7.64. The summed E-state index contributed by atoms with van der Waals surface area (Å²) in [5, 5.41) is 0. The Hall–Kier alpha value is -0.330.